The quantitative estimate of drug-likeness (QED) is 0.117. The molecule has 0 radical (unpaired) electrons. The Morgan fingerprint density at radius 1 is 0.628 bits per heavy atom. The highest BCUT2D eigenvalue weighted by atomic mass is 32.2. The van der Waals surface area contributed by atoms with Crippen molar-refractivity contribution in [2.24, 2.45) is 0 Å². The Morgan fingerprint density at radius 2 is 1.02 bits per heavy atom. The Balaban J connectivity index is 1.25. The molecule has 4 aromatic rings. The molecule has 18 nitrogen and oxygen atoms in total. The zero-order valence-electron chi connectivity index (χ0n) is 22.2. The van der Waals surface area contributed by atoms with Crippen LogP contribution < -0.4 is 0 Å². The van der Waals surface area contributed by atoms with Crippen LogP contribution in [0.25, 0.3) is 22.5 Å². The fraction of sp³-hybridized carbons (Fsp3) is 0.500. The average Bonchev–Trinajstić information content (AvgIpc) is 3.72. The molecular formula is C24H28N10O8S. The number of rotatable bonds is 8. The van der Waals surface area contributed by atoms with Gasteiger partial charge in [-0.15, -0.1) is 10.2 Å². The summed E-state index contributed by atoms with van der Waals surface area (Å²) in [5.41, 5.74) is -0.437. The van der Waals surface area contributed by atoms with Crippen molar-refractivity contribution >= 4 is 11.8 Å². The highest BCUT2D eigenvalue weighted by Crippen LogP contribution is 2.42. The van der Waals surface area contributed by atoms with Crippen LogP contribution in [0.1, 0.15) is 12.1 Å². The van der Waals surface area contributed by atoms with Gasteiger partial charge >= 0.3 is 0 Å². The first-order valence-electron chi connectivity index (χ1n) is 13.1. The maximum absolute atomic E-state index is 11.4. The summed E-state index contributed by atoms with van der Waals surface area (Å²) in [6.07, 6.45) is 3.93. The summed E-state index contributed by atoms with van der Waals surface area (Å²) in [4.78, 5) is 15.8. The molecule has 2 aliphatic rings. The smallest absolute Gasteiger partial charge is 0.134 e. The SMILES string of the molecule is OCC1O[C@@H](SC2O[C@H](CO)C(O)C(n3cc(-c4cncnc4)nn3)[C@H]2O)[C@@H](O)C(n2cc(-c3cncnc3)nn2)[C@H]1O. The van der Waals surface area contributed by atoms with Crippen molar-refractivity contribution in [2.45, 2.75) is 59.6 Å². The maximum atomic E-state index is 11.4. The number of thioether (sulfide) groups is 1. The van der Waals surface area contributed by atoms with Gasteiger partial charge in [0.1, 0.15) is 83.6 Å². The highest BCUT2D eigenvalue weighted by Gasteiger charge is 2.51. The molecule has 2 fully saturated rings. The monoisotopic (exact) mass is 616 g/mol. The minimum Gasteiger partial charge on any atom is -0.394 e. The van der Waals surface area contributed by atoms with Gasteiger partial charge in [-0.3, -0.25) is 0 Å². The minimum atomic E-state index is -1.44. The van der Waals surface area contributed by atoms with Gasteiger partial charge in [-0.25, -0.2) is 29.3 Å². The van der Waals surface area contributed by atoms with Crippen LogP contribution in [-0.2, 0) is 9.47 Å². The Bertz CT molecular complexity index is 1380. The van der Waals surface area contributed by atoms with E-state index >= 15 is 0 Å². The van der Waals surface area contributed by atoms with E-state index in [2.05, 4.69) is 40.6 Å². The van der Waals surface area contributed by atoms with Crippen LogP contribution >= 0.6 is 11.8 Å². The van der Waals surface area contributed by atoms with Gasteiger partial charge in [-0.1, -0.05) is 22.2 Å². The molecule has 6 N–H and O–H groups in total. The molecule has 19 heteroatoms. The second-order valence-corrected chi connectivity index (χ2v) is 11.2. The van der Waals surface area contributed by atoms with Gasteiger partial charge in [0.2, 0.25) is 0 Å². The van der Waals surface area contributed by atoms with Crippen LogP contribution in [0.4, 0.5) is 0 Å². The molecule has 6 rings (SSSR count). The van der Waals surface area contributed by atoms with Gasteiger partial charge in [-0.2, -0.15) is 0 Å². The molecule has 228 valence electrons. The van der Waals surface area contributed by atoms with Gasteiger partial charge in [0.25, 0.3) is 0 Å². The van der Waals surface area contributed by atoms with E-state index in [0.717, 1.165) is 11.8 Å². The summed E-state index contributed by atoms with van der Waals surface area (Å²) >= 11 is 0.851. The van der Waals surface area contributed by atoms with Gasteiger partial charge in [-0.05, 0) is 0 Å². The summed E-state index contributed by atoms with van der Waals surface area (Å²) in [5, 5.41) is 80.9. The molecule has 0 bridgehead atoms. The predicted molar refractivity (Wildman–Crippen MR) is 143 cm³/mol. The van der Waals surface area contributed by atoms with E-state index in [-0.39, 0.29) is 0 Å². The van der Waals surface area contributed by atoms with E-state index in [1.165, 1.54) is 59.2 Å². The normalized spacial score (nSPS) is 33.0. The molecule has 0 aliphatic carbocycles. The number of ether oxygens (including phenoxy) is 2. The fourth-order valence-corrected chi connectivity index (χ4v) is 6.41. The highest BCUT2D eigenvalue weighted by molar-refractivity contribution is 8.00. The van der Waals surface area contributed by atoms with Gasteiger partial charge in [0.15, 0.2) is 0 Å². The van der Waals surface area contributed by atoms with Gasteiger partial charge in [0.05, 0.1) is 25.6 Å². The van der Waals surface area contributed by atoms with Crippen molar-refractivity contribution in [1.82, 2.24) is 49.9 Å². The van der Waals surface area contributed by atoms with E-state index in [0.29, 0.717) is 22.5 Å². The molecule has 43 heavy (non-hydrogen) atoms. The second kappa shape index (κ2) is 12.6. The summed E-state index contributed by atoms with van der Waals surface area (Å²) in [6, 6.07) is -2.23. The van der Waals surface area contributed by atoms with Crippen LogP contribution in [0.5, 0.6) is 0 Å². The average molecular weight is 617 g/mol. The molecular weight excluding hydrogens is 588 g/mol. The third-order valence-corrected chi connectivity index (χ3v) is 8.63. The van der Waals surface area contributed by atoms with Crippen molar-refractivity contribution in [3.63, 3.8) is 0 Å². The van der Waals surface area contributed by atoms with Crippen LogP contribution in [-0.4, -0.2) is 141 Å². The molecule has 0 spiro atoms. The standard InChI is InChI=1S/C24H28N10O8S/c35-7-15-19(37)17(33-5-13(29-31-33)11-1-25-9-26-2-11)21(39)23(41-15)43-24-22(40)18(20(38)16(8-36)42-24)34-6-14(30-32-34)12-3-27-10-28-4-12/h1-6,9-10,15-24,35-40H,7-8H2/t15-,16?,17?,18?,19?,20+,21-,22+,23?,24+/m1/s1. The van der Waals surface area contributed by atoms with Gasteiger partial charge < -0.3 is 40.1 Å². The second-order valence-electron chi connectivity index (χ2n) is 9.95. The largest absolute Gasteiger partial charge is 0.394 e. The zero-order chi connectivity index (χ0) is 30.1. The number of hydrogen-bond acceptors (Lipinski definition) is 17. The van der Waals surface area contributed by atoms with Crippen molar-refractivity contribution in [3.8, 4) is 22.5 Å². The summed E-state index contributed by atoms with van der Waals surface area (Å²) in [7, 11) is 0. The Morgan fingerprint density at radius 3 is 1.40 bits per heavy atom. The van der Waals surface area contributed by atoms with E-state index in [1.807, 2.05) is 0 Å². The van der Waals surface area contributed by atoms with Crippen LogP contribution in [0, 0.1) is 0 Å². The number of aromatic nitrogens is 10. The van der Waals surface area contributed by atoms with Gasteiger partial charge in [0, 0.05) is 35.9 Å². The lowest BCUT2D eigenvalue weighted by molar-refractivity contribution is -0.189. The van der Waals surface area contributed by atoms with Crippen LogP contribution in [0.15, 0.2) is 49.8 Å². The third kappa shape index (κ3) is 5.73. The van der Waals surface area contributed by atoms with Crippen LogP contribution in [0.2, 0.25) is 0 Å². The first-order chi connectivity index (χ1) is 20.9. The van der Waals surface area contributed by atoms with E-state index in [4.69, 9.17) is 9.47 Å². The Kier molecular flexibility index (Phi) is 8.66. The molecule has 2 saturated heterocycles. The first kappa shape index (κ1) is 29.5. The Hall–Kier alpha value is -3.53. The maximum Gasteiger partial charge on any atom is 0.134 e. The molecule has 4 aromatic heterocycles. The van der Waals surface area contributed by atoms with Crippen molar-refractivity contribution in [2.75, 3.05) is 13.2 Å². The van der Waals surface area contributed by atoms with Crippen LogP contribution in [0.3, 0.4) is 0 Å². The topological polar surface area (TPSA) is 253 Å². The summed E-state index contributed by atoms with van der Waals surface area (Å²) in [6.45, 7) is -1.18. The fourth-order valence-electron chi connectivity index (χ4n) is 5.09. The predicted octanol–water partition coefficient (Wildman–Crippen LogP) is -2.82. The molecule has 5 unspecified atom stereocenters. The third-order valence-electron chi connectivity index (χ3n) is 7.31. The van der Waals surface area contributed by atoms with E-state index < -0.39 is 72.8 Å². The molecule has 0 aromatic carbocycles. The lowest BCUT2D eigenvalue weighted by atomic mass is 9.97. The number of aliphatic hydroxyl groups is 6. The van der Waals surface area contributed by atoms with E-state index in [1.54, 1.807) is 0 Å². The van der Waals surface area contributed by atoms with Crippen molar-refractivity contribution in [1.29, 1.82) is 0 Å². The number of hydrogen-bond donors (Lipinski definition) is 6. The lowest BCUT2D eigenvalue weighted by Crippen LogP contribution is -2.58. The molecule has 0 saturated carbocycles. The molecule has 6 heterocycles. The lowest BCUT2D eigenvalue weighted by Gasteiger charge is -2.46. The number of aliphatic hydroxyl groups excluding tert-OH is 6. The minimum absolute atomic E-state index is 0.388. The summed E-state index contributed by atoms with van der Waals surface area (Å²) in [5.74, 6) is 0. The molecule has 2 aliphatic heterocycles. The summed E-state index contributed by atoms with van der Waals surface area (Å²) < 4.78 is 14.2. The van der Waals surface area contributed by atoms with Crippen molar-refractivity contribution in [3.05, 3.63) is 49.8 Å². The first-order valence-corrected chi connectivity index (χ1v) is 14.1. The number of nitrogens with zero attached hydrogens (tertiary/aromatic N) is 10. The molecule has 0 amide bonds. The van der Waals surface area contributed by atoms with E-state index in [9.17, 15) is 30.6 Å². The molecule has 10 atom stereocenters. The zero-order valence-corrected chi connectivity index (χ0v) is 23.0. The van der Waals surface area contributed by atoms with Crippen molar-refractivity contribution < 1.29 is 40.1 Å². The Labute approximate surface area is 247 Å².